The molecule has 16 nitrogen and oxygen atoms in total. The summed E-state index contributed by atoms with van der Waals surface area (Å²) < 4.78 is 82.8. The Morgan fingerprint density at radius 2 is 1.31 bits per heavy atom. The zero-order chi connectivity index (χ0) is 42.3. The second-order valence-electron chi connectivity index (χ2n) is 13.9. The Hall–Kier alpha value is -4.83. The van der Waals surface area contributed by atoms with E-state index in [1.54, 1.807) is 88.5 Å². The smallest absolute Gasteiger partial charge is 0.407 e. The van der Waals surface area contributed by atoms with Gasteiger partial charge in [0.1, 0.15) is 33.0 Å². The standard InChI is InChI=1S/C39H45IN6O10S2/c1-39(2,3)56-38(48)41-21-32(25-47)57(49,50)34-20-19-33(40)35(37-42-44-46(43-37)24-28-11-17-31(55-6)18-12-28)36(34)58(51,52)45(22-26-7-13-29(53-4)14-8-26)23-27-9-15-30(54-5)16-10-27/h7-20,32,47H,21-25H2,1-6H3,(H,41,48)/t32-/m1/s1. The Kier molecular flexibility index (Phi) is 14.4. The molecule has 0 radical (unpaired) electrons. The van der Waals surface area contributed by atoms with Gasteiger partial charge in [0.15, 0.2) is 9.84 Å². The molecule has 2 N–H and O–H groups in total. The van der Waals surface area contributed by atoms with E-state index >= 15 is 8.42 Å². The van der Waals surface area contributed by atoms with Crippen molar-refractivity contribution in [1.82, 2.24) is 29.8 Å². The molecule has 0 saturated heterocycles. The molecule has 0 fully saturated rings. The maximum absolute atomic E-state index is 15.5. The minimum atomic E-state index is -4.84. The van der Waals surface area contributed by atoms with Gasteiger partial charge in [-0.3, -0.25) is 0 Å². The number of rotatable bonds is 17. The summed E-state index contributed by atoms with van der Waals surface area (Å²) in [5.41, 5.74) is 0.936. The van der Waals surface area contributed by atoms with Gasteiger partial charge in [-0.1, -0.05) is 36.4 Å². The fourth-order valence-corrected chi connectivity index (χ4v) is 10.4. The molecule has 0 bridgehead atoms. The number of tetrazole rings is 1. The maximum atomic E-state index is 15.5. The molecule has 1 aromatic heterocycles. The first kappa shape index (κ1) is 44.3. The highest BCUT2D eigenvalue weighted by atomic mass is 127. The lowest BCUT2D eigenvalue weighted by atomic mass is 10.2. The number of aliphatic hydroxyl groups excluding tert-OH is 1. The number of aliphatic hydroxyl groups is 1. The van der Waals surface area contributed by atoms with Crippen molar-refractivity contribution in [2.24, 2.45) is 0 Å². The second kappa shape index (κ2) is 18.8. The number of hydrogen-bond acceptors (Lipinski definition) is 13. The van der Waals surface area contributed by atoms with Crippen LogP contribution >= 0.6 is 22.6 Å². The summed E-state index contributed by atoms with van der Waals surface area (Å²) in [7, 11) is -5.01. The van der Waals surface area contributed by atoms with Crippen molar-refractivity contribution < 1.29 is 45.7 Å². The van der Waals surface area contributed by atoms with Gasteiger partial charge in [0.2, 0.25) is 15.8 Å². The van der Waals surface area contributed by atoms with Crippen molar-refractivity contribution in [3.05, 3.63) is 105 Å². The minimum absolute atomic E-state index is 0.117. The number of alkyl carbamates (subject to hydrolysis) is 1. The van der Waals surface area contributed by atoms with Crippen LogP contribution in [-0.4, -0.2) is 97.9 Å². The summed E-state index contributed by atoms with van der Waals surface area (Å²) >= 11 is 1.91. The third kappa shape index (κ3) is 10.8. The summed E-state index contributed by atoms with van der Waals surface area (Å²) in [6.07, 6.45) is -0.917. The van der Waals surface area contributed by atoms with E-state index in [0.29, 0.717) is 31.9 Å². The van der Waals surface area contributed by atoms with Gasteiger partial charge in [0, 0.05) is 23.2 Å². The van der Waals surface area contributed by atoms with E-state index < -0.39 is 59.7 Å². The number of halogens is 1. The third-order valence-corrected chi connectivity index (χ3v) is 13.7. The highest BCUT2D eigenvalue weighted by Gasteiger charge is 2.40. The number of nitrogens with one attached hydrogen (secondary N) is 1. The van der Waals surface area contributed by atoms with E-state index in [1.807, 2.05) is 34.7 Å². The number of hydrogen-bond donors (Lipinski definition) is 2. The highest BCUT2D eigenvalue weighted by molar-refractivity contribution is 14.1. The van der Waals surface area contributed by atoms with Crippen LogP contribution in [-0.2, 0) is 44.2 Å². The fraction of sp³-hybridized carbons (Fsp3) is 0.333. The summed E-state index contributed by atoms with van der Waals surface area (Å²) in [5.74, 6) is 1.60. The molecular weight excluding hydrogens is 903 g/mol. The molecule has 0 unspecified atom stereocenters. The third-order valence-electron chi connectivity index (χ3n) is 8.69. The number of methoxy groups -OCH3 is 3. The van der Waals surface area contributed by atoms with Crippen molar-refractivity contribution in [2.75, 3.05) is 34.5 Å². The van der Waals surface area contributed by atoms with Crippen LogP contribution in [0.1, 0.15) is 37.5 Å². The molecule has 58 heavy (non-hydrogen) atoms. The lowest BCUT2D eigenvalue weighted by molar-refractivity contribution is 0.0525. The number of benzene rings is 4. The summed E-state index contributed by atoms with van der Waals surface area (Å²) in [5, 5.41) is 24.1. The molecule has 0 aliphatic rings. The van der Waals surface area contributed by atoms with E-state index in [1.165, 1.54) is 31.1 Å². The van der Waals surface area contributed by atoms with Crippen LogP contribution in [0, 0.1) is 3.57 Å². The zero-order valence-corrected chi connectivity index (χ0v) is 36.5. The van der Waals surface area contributed by atoms with Crippen molar-refractivity contribution in [1.29, 1.82) is 0 Å². The summed E-state index contributed by atoms with van der Waals surface area (Å²) in [4.78, 5) is 12.6. The monoisotopic (exact) mass is 948 g/mol. The average Bonchev–Trinajstić information content (AvgIpc) is 3.65. The van der Waals surface area contributed by atoms with Crippen molar-refractivity contribution in [2.45, 2.75) is 61.0 Å². The first-order valence-electron chi connectivity index (χ1n) is 17.8. The molecule has 1 heterocycles. The Labute approximate surface area is 351 Å². The zero-order valence-electron chi connectivity index (χ0n) is 32.7. The van der Waals surface area contributed by atoms with Gasteiger partial charge in [-0.25, -0.2) is 21.6 Å². The summed E-state index contributed by atoms with van der Waals surface area (Å²) in [6.45, 7) is 3.14. The van der Waals surface area contributed by atoms with Gasteiger partial charge in [-0.15, -0.1) is 10.2 Å². The topological polar surface area (TPSA) is 201 Å². The molecule has 1 atom stereocenters. The van der Waals surface area contributed by atoms with E-state index in [4.69, 9.17) is 18.9 Å². The number of carbonyl (C=O) groups excluding carboxylic acids is 1. The fourth-order valence-electron chi connectivity index (χ4n) is 5.72. The molecule has 5 aromatic rings. The van der Waals surface area contributed by atoms with Crippen LogP contribution < -0.4 is 19.5 Å². The van der Waals surface area contributed by atoms with Crippen LogP contribution in [0.3, 0.4) is 0 Å². The lowest BCUT2D eigenvalue weighted by Gasteiger charge is -2.27. The number of nitrogens with zero attached hydrogens (tertiary/aromatic N) is 5. The van der Waals surface area contributed by atoms with Crippen molar-refractivity contribution in [3.63, 3.8) is 0 Å². The van der Waals surface area contributed by atoms with E-state index in [2.05, 4.69) is 20.7 Å². The Bertz CT molecular complexity index is 2360. The van der Waals surface area contributed by atoms with Gasteiger partial charge in [-0.2, -0.15) is 9.10 Å². The van der Waals surface area contributed by atoms with Gasteiger partial charge in [-0.05, 0) is 114 Å². The number of ether oxygens (including phenoxy) is 4. The first-order chi connectivity index (χ1) is 27.5. The molecule has 0 saturated carbocycles. The number of sulfone groups is 1. The van der Waals surface area contributed by atoms with Crippen LogP contribution in [0.4, 0.5) is 4.79 Å². The molecule has 4 aromatic carbocycles. The van der Waals surface area contributed by atoms with E-state index in [9.17, 15) is 18.3 Å². The largest absolute Gasteiger partial charge is 0.497 e. The number of aromatic nitrogens is 4. The highest BCUT2D eigenvalue weighted by Crippen LogP contribution is 2.39. The van der Waals surface area contributed by atoms with Gasteiger partial charge >= 0.3 is 6.09 Å². The van der Waals surface area contributed by atoms with Gasteiger partial charge < -0.3 is 29.4 Å². The SMILES string of the molecule is COc1ccc(CN(Cc2ccc(OC)cc2)S(=O)(=O)c2c(S(=O)(=O)[C@@H](CO)CNC(=O)OC(C)(C)C)ccc(I)c2-c2nnn(Cc3ccc(OC)cc3)n2)cc1. The quantitative estimate of drug-likeness (QED) is 0.117. The molecule has 0 aliphatic heterocycles. The predicted molar refractivity (Wildman–Crippen MR) is 223 cm³/mol. The molecular formula is C39H45IN6O10S2. The molecule has 0 spiro atoms. The van der Waals surface area contributed by atoms with Crippen LogP contribution in [0.25, 0.3) is 11.4 Å². The predicted octanol–water partition coefficient (Wildman–Crippen LogP) is 5.07. The van der Waals surface area contributed by atoms with Crippen LogP contribution in [0.15, 0.2) is 94.7 Å². The summed E-state index contributed by atoms with van der Waals surface area (Å²) in [6, 6.07) is 23.3. The van der Waals surface area contributed by atoms with Crippen LogP contribution in [0.2, 0.25) is 0 Å². The first-order valence-corrected chi connectivity index (χ1v) is 21.9. The van der Waals surface area contributed by atoms with E-state index in [-0.39, 0.29) is 31.0 Å². The normalized spacial score (nSPS) is 12.6. The van der Waals surface area contributed by atoms with Crippen molar-refractivity contribution >= 4 is 48.5 Å². The minimum Gasteiger partial charge on any atom is -0.497 e. The molecule has 0 aliphatic carbocycles. The van der Waals surface area contributed by atoms with Gasteiger partial charge in [0.05, 0.1) is 44.9 Å². The van der Waals surface area contributed by atoms with Crippen molar-refractivity contribution in [3.8, 4) is 28.6 Å². The molecule has 1 amide bonds. The maximum Gasteiger partial charge on any atom is 0.407 e. The molecule has 19 heteroatoms. The Balaban J connectivity index is 1.69. The van der Waals surface area contributed by atoms with Crippen LogP contribution in [0.5, 0.6) is 17.2 Å². The second-order valence-corrected chi connectivity index (χ2v) is 19.2. The average molecular weight is 949 g/mol. The number of amides is 1. The number of sulfonamides is 1. The number of carbonyl (C=O) groups is 1. The Morgan fingerprint density at radius 1 is 0.810 bits per heavy atom. The van der Waals surface area contributed by atoms with Gasteiger partial charge in [0.25, 0.3) is 0 Å². The Morgan fingerprint density at radius 3 is 1.78 bits per heavy atom. The molecule has 310 valence electrons. The lowest BCUT2D eigenvalue weighted by Crippen LogP contribution is -2.42. The van der Waals surface area contributed by atoms with E-state index in [0.717, 1.165) is 9.87 Å². The molecule has 5 rings (SSSR count).